The molecule has 0 aliphatic carbocycles. The van der Waals surface area contributed by atoms with Crippen molar-refractivity contribution >= 4 is 12.1 Å². The van der Waals surface area contributed by atoms with Gasteiger partial charge in [0.2, 0.25) is 0 Å². The topological polar surface area (TPSA) is 34.1 Å². The van der Waals surface area contributed by atoms with Crippen LogP contribution in [0.15, 0.2) is 48.5 Å². The van der Waals surface area contributed by atoms with Crippen LogP contribution < -0.4 is 0 Å². The summed E-state index contributed by atoms with van der Waals surface area (Å²) in [5, 5.41) is 0. The van der Waals surface area contributed by atoms with Crippen molar-refractivity contribution in [2.24, 2.45) is 0 Å². The van der Waals surface area contributed by atoms with Gasteiger partial charge in [0, 0.05) is 11.1 Å². The molecule has 2 rings (SSSR count). The first-order chi connectivity index (χ1) is 9.40. The normalized spacial score (nSPS) is 9.40. The van der Waals surface area contributed by atoms with Crippen LogP contribution >= 0.6 is 0 Å². The predicted molar refractivity (Wildman–Crippen MR) is 63.8 cm³/mol. The van der Waals surface area contributed by atoms with E-state index in [9.17, 15) is 22.4 Å². The first-order valence-corrected chi connectivity index (χ1v) is 5.31. The molecular weight excluding hydrogens is 276 g/mol. The number of carbonyl (C=O) groups excluding carboxylic acids is 2. The Morgan fingerprint density at radius 3 is 1.15 bits per heavy atom. The Bertz CT molecular complexity index is 540. The summed E-state index contributed by atoms with van der Waals surface area (Å²) in [6.45, 7) is 0. The van der Waals surface area contributed by atoms with E-state index in [2.05, 4.69) is 0 Å². The fourth-order valence-electron chi connectivity index (χ4n) is 1.37. The molecule has 0 atom stereocenters. The fraction of sp³-hybridized carbons (Fsp3) is 0. The maximum atomic E-state index is 12.6. The molecule has 0 radical (unpaired) electrons. The van der Waals surface area contributed by atoms with Gasteiger partial charge in [-0.05, 0) is 48.5 Å². The lowest BCUT2D eigenvalue weighted by atomic mass is 10.0. The lowest BCUT2D eigenvalue weighted by molar-refractivity contribution is 0.103. The first-order valence-electron chi connectivity index (χ1n) is 5.31. The first kappa shape index (κ1) is 15.6. The molecule has 6 heteroatoms. The van der Waals surface area contributed by atoms with Crippen molar-refractivity contribution in [2.75, 3.05) is 0 Å². The average Bonchev–Trinajstić information content (AvgIpc) is 2.39. The monoisotopic (exact) mass is 284 g/mol. The van der Waals surface area contributed by atoms with E-state index < -0.39 is 17.9 Å². The number of ketones is 1. The maximum Gasteiger partial charge on any atom is 0.483 e. The minimum absolute atomic E-state index is 0.250. The Balaban J connectivity index is 0.000000444. The van der Waals surface area contributed by atoms with E-state index in [-0.39, 0.29) is 5.78 Å². The Morgan fingerprint density at radius 1 is 0.650 bits per heavy atom. The zero-order valence-electron chi connectivity index (χ0n) is 9.95. The SMILES string of the molecule is O=C(F)F.O=C(c1ccc(F)cc1)c1ccc(F)cc1. The van der Waals surface area contributed by atoms with Crippen LogP contribution in [0.1, 0.15) is 15.9 Å². The molecule has 2 nitrogen and oxygen atoms in total. The summed E-state index contributed by atoms with van der Waals surface area (Å²) in [4.78, 5) is 19.9. The molecule has 0 aliphatic rings. The molecule has 0 saturated heterocycles. The van der Waals surface area contributed by atoms with Crippen LogP contribution in [0.25, 0.3) is 0 Å². The number of hydrogen-bond acceptors (Lipinski definition) is 2. The van der Waals surface area contributed by atoms with Gasteiger partial charge in [-0.15, -0.1) is 8.78 Å². The van der Waals surface area contributed by atoms with Crippen LogP contribution in [-0.4, -0.2) is 12.1 Å². The van der Waals surface area contributed by atoms with Crippen molar-refractivity contribution in [2.45, 2.75) is 0 Å². The smallest absolute Gasteiger partial charge is 0.289 e. The summed E-state index contributed by atoms with van der Waals surface area (Å²) in [6, 6.07) is 10.5. The molecule has 0 N–H and O–H groups in total. The average molecular weight is 284 g/mol. The second-order valence-electron chi connectivity index (χ2n) is 3.57. The largest absolute Gasteiger partial charge is 0.483 e. The standard InChI is InChI=1S/C13H8F2O.CF2O/c14-11-5-1-9(2-6-11)13(16)10-3-7-12(15)8-4-10;2-1(3)4/h1-8H;. The molecule has 0 amide bonds. The van der Waals surface area contributed by atoms with Crippen molar-refractivity contribution in [1.29, 1.82) is 0 Å². The summed E-state index contributed by atoms with van der Waals surface area (Å²) in [7, 11) is 0. The van der Waals surface area contributed by atoms with Crippen LogP contribution in [0.5, 0.6) is 0 Å². The van der Waals surface area contributed by atoms with Gasteiger partial charge in [-0.25, -0.2) is 13.6 Å². The van der Waals surface area contributed by atoms with E-state index in [0.29, 0.717) is 11.1 Å². The van der Waals surface area contributed by atoms with Gasteiger partial charge < -0.3 is 0 Å². The second-order valence-corrected chi connectivity index (χ2v) is 3.57. The highest BCUT2D eigenvalue weighted by molar-refractivity contribution is 6.08. The minimum atomic E-state index is -2.83. The van der Waals surface area contributed by atoms with Crippen LogP contribution in [0, 0.1) is 11.6 Å². The Hall–Kier alpha value is -2.50. The number of carbonyl (C=O) groups is 2. The molecule has 0 heterocycles. The number of hydrogen-bond donors (Lipinski definition) is 0. The van der Waals surface area contributed by atoms with Gasteiger partial charge in [0.15, 0.2) is 5.78 Å². The molecule has 20 heavy (non-hydrogen) atoms. The Kier molecular flexibility index (Phi) is 5.58. The summed E-state index contributed by atoms with van der Waals surface area (Å²) < 4.78 is 44.7. The number of rotatable bonds is 2. The van der Waals surface area contributed by atoms with E-state index in [4.69, 9.17) is 4.79 Å². The molecule has 2 aromatic carbocycles. The molecule has 0 spiro atoms. The van der Waals surface area contributed by atoms with Crippen molar-refractivity contribution in [3.05, 3.63) is 71.3 Å². The Morgan fingerprint density at radius 2 is 0.900 bits per heavy atom. The van der Waals surface area contributed by atoms with E-state index in [1.54, 1.807) is 0 Å². The Labute approximate surface area is 111 Å². The molecule has 104 valence electrons. The maximum absolute atomic E-state index is 12.6. The van der Waals surface area contributed by atoms with Gasteiger partial charge in [0.25, 0.3) is 0 Å². The van der Waals surface area contributed by atoms with Gasteiger partial charge in [-0.3, -0.25) is 4.79 Å². The van der Waals surface area contributed by atoms with Crippen molar-refractivity contribution < 1.29 is 27.2 Å². The van der Waals surface area contributed by atoms with E-state index >= 15 is 0 Å². The third-order valence-corrected chi connectivity index (χ3v) is 2.21. The van der Waals surface area contributed by atoms with Gasteiger partial charge in [0.05, 0.1) is 0 Å². The van der Waals surface area contributed by atoms with Crippen molar-refractivity contribution in [3.63, 3.8) is 0 Å². The second kappa shape index (κ2) is 7.18. The van der Waals surface area contributed by atoms with Gasteiger partial charge in [0.1, 0.15) is 11.6 Å². The summed E-state index contributed by atoms with van der Waals surface area (Å²) >= 11 is 0. The van der Waals surface area contributed by atoms with E-state index in [1.165, 1.54) is 48.5 Å². The van der Waals surface area contributed by atoms with Crippen LogP contribution in [0.2, 0.25) is 0 Å². The van der Waals surface area contributed by atoms with Crippen LogP contribution in [0.3, 0.4) is 0 Å². The quantitative estimate of drug-likeness (QED) is 0.469. The highest BCUT2D eigenvalue weighted by atomic mass is 19.3. The number of halogens is 4. The molecule has 2 aromatic rings. The molecule has 0 saturated carbocycles. The number of benzene rings is 2. The molecule has 0 bridgehead atoms. The summed E-state index contributed by atoms with van der Waals surface area (Å²) in [5.74, 6) is -1.04. The van der Waals surface area contributed by atoms with Gasteiger partial charge in [-0.2, -0.15) is 0 Å². The van der Waals surface area contributed by atoms with Gasteiger partial charge in [-0.1, -0.05) is 0 Å². The highest BCUT2D eigenvalue weighted by Gasteiger charge is 2.08. The van der Waals surface area contributed by atoms with Crippen LogP contribution in [0.4, 0.5) is 22.4 Å². The third kappa shape index (κ3) is 5.01. The fourth-order valence-corrected chi connectivity index (χ4v) is 1.37. The lowest BCUT2D eigenvalue weighted by Gasteiger charge is -2.00. The molecule has 0 aromatic heterocycles. The zero-order valence-corrected chi connectivity index (χ0v) is 9.95. The van der Waals surface area contributed by atoms with E-state index in [0.717, 1.165) is 0 Å². The molecule has 0 unspecified atom stereocenters. The summed E-state index contributed by atoms with van der Waals surface area (Å²) in [5.41, 5.74) is 0.765. The minimum Gasteiger partial charge on any atom is -0.289 e. The van der Waals surface area contributed by atoms with E-state index in [1.807, 2.05) is 0 Å². The summed E-state index contributed by atoms with van der Waals surface area (Å²) in [6.07, 6.45) is -2.83. The molecular formula is C14H8F4O2. The highest BCUT2D eigenvalue weighted by Crippen LogP contribution is 2.11. The van der Waals surface area contributed by atoms with Crippen molar-refractivity contribution in [3.8, 4) is 0 Å². The predicted octanol–water partition coefficient (Wildman–Crippen LogP) is 4.24. The zero-order chi connectivity index (χ0) is 15.1. The molecule has 0 fully saturated rings. The van der Waals surface area contributed by atoms with Crippen LogP contribution in [-0.2, 0) is 0 Å². The lowest BCUT2D eigenvalue weighted by Crippen LogP contribution is -2.01. The molecule has 0 aliphatic heterocycles. The third-order valence-electron chi connectivity index (χ3n) is 2.21. The van der Waals surface area contributed by atoms with Crippen molar-refractivity contribution in [1.82, 2.24) is 0 Å². The van der Waals surface area contributed by atoms with Gasteiger partial charge >= 0.3 is 6.29 Å².